The maximum atomic E-state index is 13.1. The van der Waals surface area contributed by atoms with Crippen molar-refractivity contribution >= 4 is 0 Å². The SMILES string of the molecule is Cc1ccc(-c2noc(CN3CCN(Cc4nc(-c5ccc(F)cc5)no4)CC3)n2)cc1. The number of halogens is 1. The molecular weight excluding hydrogens is 411 g/mol. The number of piperazine rings is 1. The predicted molar refractivity (Wildman–Crippen MR) is 115 cm³/mol. The first-order valence-electron chi connectivity index (χ1n) is 10.6. The highest BCUT2D eigenvalue weighted by Gasteiger charge is 2.21. The van der Waals surface area contributed by atoms with Crippen LogP contribution < -0.4 is 0 Å². The van der Waals surface area contributed by atoms with Crippen LogP contribution in [-0.2, 0) is 13.1 Å². The molecule has 0 unspecified atom stereocenters. The zero-order chi connectivity index (χ0) is 21.9. The summed E-state index contributed by atoms with van der Waals surface area (Å²) >= 11 is 0. The van der Waals surface area contributed by atoms with Crippen LogP contribution in [0.25, 0.3) is 22.8 Å². The second-order valence-corrected chi connectivity index (χ2v) is 7.95. The zero-order valence-electron chi connectivity index (χ0n) is 17.7. The highest BCUT2D eigenvalue weighted by atomic mass is 19.1. The van der Waals surface area contributed by atoms with E-state index < -0.39 is 0 Å². The first-order valence-corrected chi connectivity index (χ1v) is 10.6. The number of hydrogen-bond acceptors (Lipinski definition) is 8. The maximum Gasteiger partial charge on any atom is 0.241 e. The third-order valence-corrected chi connectivity index (χ3v) is 5.53. The van der Waals surface area contributed by atoms with E-state index in [9.17, 15) is 4.39 Å². The molecule has 8 nitrogen and oxygen atoms in total. The monoisotopic (exact) mass is 434 g/mol. The largest absolute Gasteiger partial charge is 0.338 e. The van der Waals surface area contributed by atoms with Crippen molar-refractivity contribution in [2.45, 2.75) is 20.0 Å². The molecule has 32 heavy (non-hydrogen) atoms. The summed E-state index contributed by atoms with van der Waals surface area (Å²) in [4.78, 5) is 13.5. The van der Waals surface area contributed by atoms with Gasteiger partial charge in [0.2, 0.25) is 23.4 Å². The van der Waals surface area contributed by atoms with E-state index in [1.165, 1.54) is 17.7 Å². The van der Waals surface area contributed by atoms with Gasteiger partial charge in [0.15, 0.2) is 0 Å². The lowest BCUT2D eigenvalue weighted by molar-refractivity contribution is 0.103. The van der Waals surface area contributed by atoms with Gasteiger partial charge in [0.25, 0.3) is 0 Å². The van der Waals surface area contributed by atoms with Gasteiger partial charge in [-0.25, -0.2) is 4.39 Å². The van der Waals surface area contributed by atoms with Crippen molar-refractivity contribution in [3.05, 3.63) is 71.7 Å². The summed E-state index contributed by atoms with van der Waals surface area (Å²) in [5, 5.41) is 8.12. The molecule has 0 N–H and O–H groups in total. The maximum absolute atomic E-state index is 13.1. The van der Waals surface area contributed by atoms with Gasteiger partial charge < -0.3 is 9.05 Å². The van der Waals surface area contributed by atoms with Crippen LogP contribution in [0.15, 0.2) is 57.6 Å². The molecule has 0 aliphatic carbocycles. The molecule has 164 valence electrons. The van der Waals surface area contributed by atoms with E-state index in [0.717, 1.165) is 37.3 Å². The summed E-state index contributed by atoms with van der Waals surface area (Å²) in [7, 11) is 0. The Morgan fingerprint density at radius 1 is 0.719 bits per heavy atom. The summed E-state index contributed by atoms with van der Waals surface area (Å²) < 4.78 is 23.9. The Hall–Kier alpha value is -3.43. The van der Waals surface area contributed by atoms with Gasteiger partial charge in [0.1, 0.15) is 5.82 Å². The molecule has 1 aliphatic rings. The van der Waals surface area contributed by atoms with Crippen LogP contribution in [0.3, 0.4) is 0 Å². The van der Waals surface area contributed by atoms with Crippen LogP contribution in [-0.4, -0.2) is 56.3 Å². The van der Waals surface area contributed by atoms with Crippen molar-refractivity contribution in [2.24, 2.45) is 0 Å². The fourth-order valence-electron chi connectivity index (χ4n) is 3.66. The fraction of sp³-hybridized carbons (Fsp3) is 0.304. The number of nitrogens with zero attached hydrogens (tertiary/aromatic N) is 6. The third kappa shape index (κ3) is 4.74. The van der Waals surface area contributed by atoms with E-state index >= 15 is 0 Å². The average molecular weight is 434 g/mol. The number of hydrogen-bond donors (Lipinski definition) is 0. The Morgan fingerprint density at radius 3 is 1.62 bits per heavy atom. The predicted octanol–water partition coefficient (Wildman–Crippen LogP) is 3.55. The van der Waals surface area contributed by atoms with Crippen LogP contribution in [0.2, 0.25) is 0 Å². The lowest BCUT2D eigenvalue weighted by Crippen LogP contribution is -2.45. The van der Waals surface area contributed by atoms with Gasteiger partial charge in [0.05, 0.1) is 13.1 Å². The summed E-state index contributed by atoms with van der Waals surface area (Å²) in [6.07, 6.45) is 0. The third-order valence-electron chi connectivity index (χ3n) is 5.53. The van der Waals surface area contributed by atoms with Gasteiger partial charge in [-0.05, 0) is 31.2 Å². The molecule has 0 spiro atoms. The van der Waals surface area contributed by atoms with Crippen molar-refractivity contribution in [1.29, 1.82) is 0 Å². The Kier molecular flexibility index (Phi) is 5.74. The van der Waals surface area contributed by atoms with Crippen molar-refractivity contribution in [3.63, 3.8) is 0 Å². The smallest absolute Gasteiger partial charge is 0.241 e. The number of aryl methyl sites for hydroxylation is 1. The molecule has 9 heteroatoms. The van der Waals surface area contributed by atoms with Crippen molar-refractivity contribution in [3.8, 4) is 22.8 Å². The lowest BCUT2D eigenvalue weighted by Gasteiger charge is -2.32. The van der Waals surface area contributed by atoms with Crippen molar-refractivity contribution < 1.29 is 13.4 Å². The molecule has 1 aliphatic heterocycles. The van der Waals surface area contributed by atoms with Gasteiger partial charge in [-0.15, -0.1) is 0 Å². The molecule has 0 amide bonds. The van der Waals surface area contributed by atoms with E-state index in [1.807, 2.05) is 31.2 Å². The second kappa shape index (κ2) is 8.97. The van der Waals surface area contributed by atoms with Crippen LogP contribution in [0.5, 0.6) is 0 Å². The Labute approximate surface area is 184 Å². The lowest BCUT2D eigenvalue weighted by atomic mass is 10.1. The number of aromatic nitrogens is 4. The molecule has 0 radical (unpaired) electrons. The normalized spacial score (nSPS) is 15.3. The van der Waals surface area contributed by atoms with E-state index in [2.05, 4.69) is 30.1 Å². The van der Waals surface area contributed by atoms with Gasteiger partial charge in [-0.1, -0.05) is 40.1 Å². The van der Waals surface area contributed by atoms with E-state index in [0.29, 0.717) is 36.5 Å². The first-order chi connectivity index (χ1) is 15.6. The van der Waals surface area contributed by atoms with Crippen LogP contribution in [0.4, 0.5) is 4.39 Å². The van der Waals surface area contributed by atoms with Gasteiger partial charge in [-0.2, -0.15) is 9.97 Å². The number of benzene rings is 2. The minimum atomic E-state index is -0.290. The summed E-state index contributed by atoms with van der Waals surface area (Å²) in [6, 6.07) is 14.1. The molecular formula is C23H23FN6O2. The molecule has 1 saturated heterocycles. The van der Waals surface area contributed by atoms with E-state index in [4.69, 9.17) is 9.05 Å². The molecule has 2 aromatic carbocycles. The standard InChI is InChI=1S/C23H23FN6O2/c1-16-2-4-17(5-3-16)22-25-20(31-27-22)14-29-10-12-30(13-11-29)15-21-26-23(28-32-21)18-6-8-19(24)9-7-18/h2-9H,10-15H2,1H3. The second-order valence-electron chi connectivity index (χ2n) is 7.95. The van der Waals surface area contributed by atoms with Crippen LogP contribution in [0.1, 0.15) is 17.3 Å². The average Bonchev–Trinajstić information content (AvgIpc) is 3.46. The molecule has 0 saturated carbocycles. The fourth-order valence-corrected chi connectivity index (χ4v) is 3.66. The first kappa shape index (κ1) is 20.5. The molecule has 0 bridgehead atoms. The Balaban J connectivity index is 1.13. The summed E-state index contributed by atoms with van der Waals surface area (Å²) in [6.45, 7) is 6.75. The zero-order valence-corrected chi connectivity index (χ0v) is 17.7. The van der Waals surface area contributed by atoms with Crippen molar-refractivity contribution in [2.75, 3.05) is 26.2 Å². The molecule has 1 fully saturated rings. The van der Waals surface area contributed by atoms with E-state index in [1.54, 1.807) is 12.1 Å². The van der Waals surface area contributed by atoms with E-state index in [-0.39, 0.29) is 5.82 Å². The summed E-state index contributed by atoms with van der Waals surface area (Å²) in [5.41, 5.74) is 2.88. The molecule has 5 rings (SSSR count). The highest BCUT2D eigenvalue weighted by molar-refractivity contribution is 5.54. The van der Waals surface area contributed by atoms with Crippen molar-refractivity contribution in [1.82, 2.24) is 30.1 Å². The summed E-state index contributed by atoms with van der Waals surface area (Å²) in [5.74, 6) is 1.97. The topological polar surface area (TPSA) is 84.3 Å². The van der Waals surface area contributed by atoms with Gasteiger partial charge >= 0.3 is 0 Å². The molecule has 4 aromatic rings. The minimum Gasteiger partial charge on any atom is -0.338 e. The van der Waals surface area contributed by atoms with Gasteiger partial charge in [0, 0.05) is 37.3 Å². The molecule has 3 heterocycles. The quantitative estimate of drug-likeness (QED) is 0.456. The molecule has 0 atom stereocenters. The Bertz CT molecular complexity index is 1070. The van der Waals surface area contributed by atoms with Crippen LogP contribution >= 0.6 is 0 Å². The molecule has 2 aromatic heterocycles. The minimum absolute atomic E-state index is 0.290. The number of rotatable bonds is 6. The van der Waals surface area contributed by atoms with Crippen LogP contribution in [0, 0.1) is 12.7 Å². The highest BCUT2D eigenvalue weighted by Crippen LogP contribution is 2.19. The Morgan fingerprint density at radius 2 is 1.16 bits per heavy atom. The van der Waals surface area contributed by atoms with Gasteiger partial charge in [-0.3, -0.25) is 9.80 Å².